The monoisotopic (exact) mass is 2140 g/mol. The van der Waals surface area contributed by atoms with Crippen LogP contribution >= 0.6 is 19.4 Å². The number of anilines is 7. The number of rotatable bonds is 43. The second-order valence-electron chi connectivity index (χ2n) is 32.6. The van der Waals surface area contributed by atoms with E-state index in [-0.39, 0.29) is 36.3 Å². The Morgan fingerprint density at radius 1 is 0.410 bits per heavy atom. The molecule has 9 aromatic carbocycles. The summed E-state index contributed by atoms with van der Waals surface area (Å²) < 4.78 is 130. The van der Waals surface area contributed by atoms with Crippen molar-refractivity contribution in [1.29, 1.82) is 0 Å². The van der Waals surface area contributed by atoms with Gasteiger partial charge in [0.25, 0.3) is 0 Å². The molecule has 38 heteroatoms. The van der Waals surface area contributed by atoms with Gasteiger partial charge in [0.05, 0.1) is 65.1 Å². The number of carbonyl (C=O) groups excluding carboxylic acids is 4. The summed E-state index contributed by atoms with van der Waals surface area (Å²) in [4.78, 5) is 54.7. The van der Waals surface area contributed by atoms with Crippen molar-refractivity contribution < 1.29 is 140 Å². The van der Waals surface area contributed by atoms with E-state index in [9.17, 15) is 32.1 Å². The van der Waals surface area contributed by atoms with Gasteiger partial charge in [-0.1, -0.05) is 95.1 Å². The molecule has 0 saturated carbocycles. The number of para-hydroxylation sites is 5. The molecule has 2 aliphatic rings. The van der Waals surface area contributed by atoms with Crippen molar-refractivity contribution in [1.82, 2.24) is 0 Å². The van der Waals surface area contributed by atoms with Gasteiger partial charge in [0.2, 0.25) is 12.0 Å². The first-order valence-corrected chi connectivity index (χ1v) is 51.9. The number of hydrogen-bond donors (Lipinski definition) is 4. The predicted octanol–water partition coefficient (Wildman–Crippen LogP) is 16.1. The van der Waals surface area contributed by atoms with E-state index in [1.54, 1.807) is 94.1 Å². The van der Waals surface area contributed by atoms with Crippen LogP contribution in [-0.4, -0.2) is 248 Å². The van der Waals surface area contributed by atoms with Crippen LogP contribution in [0.1, 0.15) is 93.1 Å². The summed E-state index contributed by atoms with van der Waals surface area (Å²) in [7, 11) is 21.0. The predicted molar refractivity (Wildman–Crippen MR) is 560 cm³/mol. The SMILES string of the molecule is CC(C)Oc1ccccc1[CH]=[Ru]([Cl])[Cl].CCOC(=O)C(=O)Nc1c(C)cc(C)cc1C.COCCOc1cccc(OCCOC)c1N.COCCOc1cccc(OCCOC)c1N1C=[N+](c2c(C)cc(C)cc2C)CC1.COCCOc1cccc(OCCOC)c1N1[CH-]N(c2c(C)cc(C)cc2C)CC1.COCCOc1cccc(OCCOC)c1NC(=O)C(=O)Nc1c(C)cc(C)cc1C.FB(F)F.[F-]. The second kappa shape index (κ2) is 68.7. The molecule has 144 heavy (non-hydrogen) atoms. The standard InChI is InChI=1S/2C24H33N2O4.C23H30N2O6.C13H17NO3.C12H19NO4.C10H12O.BF3.2ClH.FH.Ru/c2*1-18-15-19(2)23(20(3)16-18)25-9-10-26(17-25)24-21(29-13-11-27-4)7-6-8-22(24)30-14-12-28-5;1-15-13-16(2)20(17(3)14-15)24-22(26)23(27)25-21-18(30-11-9-28-4)7-6-8-19(21)31-12-10-29-5;1-5-17-13(16)12(15)14-11-9(3)6-8(2)7-10(11)4;1-14-6-8-16-10-4-3-5-11(12(10)13)17-9-7-15-2;1-8(2)11-10-7-5-4-6-9(10)3;2-1(3)4;;;;/h2*6-8,15-17H,9-14H2,1-5H3;6-8,13-14H,9-12H2,1-5H3,(H,24,26)(H,25,27);6-7H,5H2,1-4H3,(H,14,15);3-5H,6-9,13H2,1-2H3;3-8H,1-2H3;;3*1H;/q-1;+1;;;;;;;;;+2/p-3. The first kappa shape index (κ1) is 125. The molecular formula is C106H144BCl2F4N8O22Ru-. The Morgan fingerprint density at radius 2 is 0.708 bits per heavy atom. The number of aryl methyl sites for hydroxylation is 12. The number of esters is 1. The maximum Gasteiger partial charge on any atom is 0.762 e. The largest absolute Gasteiger partial charge is 1.00 e. The molecule has 2 heterocycles. The van der Waals surface area contributed by atoms with Crippen LogP contribution in [0.2, 0.25) is 0 Å². The average molecular weight is 2140 g/mol. The molecule has 0 bridgehead atoms. The number of amides is 3. The van der Waals surface area contributed by atoms with Crippen LogP contribution in [0.25, 0.3) is 0 Å². The van der Waals surface area contributed by atoms with Crippen molar-refractivity contribution in [3.05, 3.63) is 225 Å². The van der Waals surface area contributed by atoms with Crippen LogP contribution < -0.4 is 83.7 Å². The van der Waals surface area contributed by atoms with Gasteiger partial charge in [0, 0.05) is 87.0 Å². The number of nitrogens with one attached hydrogen (secondary N) is 3. The van der Waals surface area contributed by atoms with Crippen LogP contribution in [0.4, 0.5) is 58.4 Å². The Balaban J connectivity index is 0.000000365. The van der Waals surface area contributed by atoms with Gasteiger partial charge in [-0.3, -0.25) is 27.3 Å². The molecule has 0 unspecified atom stereocenters. The topological polar surface area (TPSA) is 309 Å². The summed E-state index contributed by atoms with van der Waals surface area (Å²) in [6.07, 6.45) is 2.32. The van der Waals surface area contributed by atoms with Crippen LogP contribution in [0.3, 0.4) is 0 Å². The van der Waals surface area contributed by atoms with E-state index in [0.717, 1.165) is 105 Å². The summed E-state index contributed by atoms with van der Waals surface area (Å²) in [5.41, 5.74) is 26.9. The summed E-state index contributed by atoms with van der Waals surface area (Å²) in [6, 6.07) is 46.9. The fourth-order valence-electron chi connectivity index (χ4n) is 15.0. The van der Waals surface area contributed by atoms with Gasteiger partial charge in [0.1, 0.15) is 118 Å². The normalized spacial score (nSPS) is 11.6. The second-order valence-corrected chi connectivity index (χ2v) is 38.3. The molecule has 5 N–H and O–H groups in total. The Hall–Kier alpha value is -11.5. The zero-order valence-electron chi connectivity index (χ0n) is 87.1. The van der Waals surface area contributed by atoms with Crippen molar-refractivity contribution in [3.63, 3.8) is 0 Å². The van der Waals surface area contributed by atoms with Crippen LogP contribution in [0.5, 0.6) is 51.7 Å². The molecule has 3 amide bonds. The summed E-state index contributed by atoms with van der Waals surface area (Å²) in [5.74, 6) is 2.75. The molecule has 0 aliphatic carbocycles. The van der Waals surface area contributed by atoms with Crippen LogP contribution in [-0.2, 0) is 75.3 Å². The van der Waals surface area contributed by atoms with Crippen molar-refractivity contribution in [3.8, 4) is 51.7 Å². The smallest absolute Gasteiger partial charge is 0.762 e. The van der Waals surface area contributed by atoms with Gasteiger partial charge < -0.3 is 117 Å². The minimum absolute atomic E-state index is 0. The number of nitrogens with two attached hydrogens (primary N) is 1. The molecule has 794 valence electrons. The molecule has 0 atom stereocenters. The number of nitrogens with zero attached hydrogens (tertiary/aromatic N) is 4. The third-order valence-electron chi connectivity index (χ3n) is 20.6. The number of carbonyl (C=O) groups is 4. The van der Waals surface area contributed by atoms with Crippen molar-refractivity contribution in [2.75, 3.05) is 232 Å². The third-order valence-corrected chi connectivity index (χ3v) is 22.5. The van der Waals surface area contributed by atoms with Crippen LogP contribution in [0, 0.1) is 89.8 Å². The molecule has 30 nitrogen and oxygen atoms in total. The fraction of sp³-hybridized carbons (Fsp3) is 0.425. The molecule has 0 spiro atoms. The molecule has 0 aromatic heterocycles. The maximum atomic E-state index is 12.7. The first-order chi connectivity index (χ1) is 68.5. The van der Waals surface area contributed by atoms with E-state index in [1.165, 1.54) is 44.8 Å². The van der Waals surface area contributed by atoms with E-state index in [1.807, 2.05) is 151 Å². The van der Waals surface area contributed by atoms with Crippen molar-refractivity contribution in [2.45, 2.75) is 110 Å². The molecule has 1 saturated heterocycles. The van der Waals surface area contributed by atoms with E-state index < -0.39 is 44.8 Å². The number of hydrogen-bond acceptors (Lipinski definition) is 26. The first-order valence-electron chi connectivity index (χ1n) is 46.4. The van der Waals surface area contributed by atoms with Crippen molar-refractivity contribution in [2.24, 2.45) is 0 Å². The molecule has 2 aliphatic heterocycles. The zero-order chi connectivity index (χ0) is 105. The van der Waals surface area contributed by atoms with Gasteiger partial charge in [-0.15, -0.1) is 0 Å². The molecule has 1 fully saturated rings. The minimum Gasteiger partial charge on any atom is -1.00 e. The number of halogens is 6. The summed E-state index contributed by atoms with van der Waals surface area (Å²) >= 11 is -1.77. The van der Waals surface area contributed by atoms with Gasteiger partial charge in [0.15, 0.2) is 11.5 Å². The maximum absolute atomic E-state index is 12.7. The fourth-order valence-corrected chi connectivity index (χ4v) is 16.8. The molecular weight excluding hydrogens is 2000 g/mol. The third kappa shape index (κ3) is 43.4. The number of methoxy groups -OCH3 is 8. The summed E-state index contributed by atoms with van der Waals surface area (Å²) in [5, 5.41) is 7.89. The summed E-state index contributed by atoms with van der Waals surface area (Å²) in [6.45, 7) is 43.3. The molecule has 9 aromatic rings. The van der Waals surface area contributed by atoms with Gasteiger partial charge in [-0.2, -0.15) is 6.67 Å². The number of benzene rings is 9. The van der Waals surface area contributed by atoms with E-state index in [2.05, 4.69) is 119 Å². The quantitative estimate of drug-likeness (QED) is 0.00403. The molecule has 11 rings (SSSR count). The van der Waals surface area contributed by atoms with Gasteiger partial charge in [-0.05, 0) is 183 Å². The molecule has 0 radical (unpaired) electrons. The van der Waals surface area contributed by atoms with Crippen molar-refractivity contribution >= 4 is 107 Å². The Kier molecular flexibility index (Phi) is 59.5. The Bertz CT molecular complexity index is 5290. The zero-order valence-corrected chi connectivity index (χ0v) is 90.3. The van der Waals surface area contributed by atoms with E-state index >= 15 is 0 Å². The Labute approximate surface area is 860 Å². The Morgan fingerprint density at radius 3 is 1.06 bits per heavy atom. The number of nitrogen functional groups attached to an aromatic ring is 1. The van der Waals surface area contributed by atoms with Crippen LogP contribution in [0.15, 0.2) is 146 Å². The average Bonchev–Trinajstić information content (AvgIpc) is 1.63. The minimum atomic E-state index is -3.67. The van der Waals surface area contributed by atoms with E-state index in [4.69, 9.17) is 106 Å². The van der Waals surface area contributed by atoms with E-state index in [0.29, 0.717) is 133 Å². The van der Waals surface area contributed by atoms with Gasteiger partial charge >= 0.3 is 129 Å². The van der Waals surface area contributed by atoms with Gasteiger partial charge in [-0.25, -0.2) is 14.3 Å². The number of ether oxygens (including phenoxy) is 18.